The van der Waals surface area contributed by atoms with Crippen molar-refractivity contribution in [2.75, 3.05) is 6.54 Å². The summed E-state index contributed by atoms with van der Waals surface area (Å²) in [5.74, 6) is 1.45. The van der Waals surface area contributed by atoms with Gasteiger partial charge >= 0.3 is 0 Å². The molecule has 138 valence electrons. The number of fused-ring (bicyclic) bond motifs is 2. The summed E-state index contributed by atoms with van der Waals surface area (Å²) in [5, 5.41) is 14.3. The van der Waals surface area contributed by atoms with Crippen LogP contribution in [0.1, 0.15) is 30.0 Å². The van der Waals surface area contributed by atoms with Crippen LogP contribution in [0.15, 0.2) is 48.0 Å². The standard InChI is InChI=1S/C20H20N4O2S/c1-13(2)26-16-11-14(12-17-15(16)7-10-27-17)20(25)21-8-6-19-23-22-18-5-3-4-9-24(18)19/h3-5,7,9-13H,6,8H2,1-2H3,(H,21,25). The molecule has 0 aliphatic rings. The van der Waals surface area contributed by atoms with Gasteiger partial charge in [-0.15, -0.1) is 21.5 Å². The maximum atomic E-state index is 12.6. The Hall–Kier alpha value is -2.93. The molecule has 0 unspecified atom stereocenters. The second kappa shape index (κ2) is 7.36. The summed E-state index contributed by atoms with van der Waals surface area (Å²) in [7, 11) is 0. The van der Waals surface area contributed by atoms with Crippen LogP contribution < -0.4 is 10.1 Å². The lowest BCUT2D eigenvalue weighted by atomic mass is 10.1. The Kier molecular flexibility index (Phi) is 4.77. The van der Waals surface area contributed by atoms with Crippen LogP contribution in [0.25, 0.3) is 15.7 Å². The fraction of sp³-hybridized carbons (Fsp3) is 0.250. The van der Waals surface area contributed by atoms with Gasteiger partial charge in [0.25, 0.3) is 5.91 Å². The Morgan fingerprint density at radius 3 is 3.00 bits per heavy atom. The first-order valence-corrected chi connectivity index (χ1v) is 9.74. The van der Waals surface area contributed by atoms with E-state index in [0.29, 0.717) is 18.5 Å². The molecule has 1 amide bonds. The van der Waals surface area contributed by atoms with Crippen LogP contribution in [-0.4, -0.2) is 33.2 Å². The van der Waals surface area contributed by atoms with Gasteiger partial charge in [0.05, 0.1) is 6.10 Å². The third-order valence-electron chi connectivity index (χ3n) is 4.18. The summed E-state index contributed by atoms with van der Waals surface area (Å²) >= 11 is 1.60. The smallest absolute Gasteiger partial charge is 0.251 e. The third-order valence-corrected chi connectivity index (χ3v) is 5.04. The number of hydrogen-bond acceptors (Lipinski definition) is 5. The quantitative estimate of drug-likeness (QED) is 0.554. The van der Waals surface area contributed by atoms with Gasteiger partial charge in [-0.25, -0.2) is 0 Å². The van der Waals surface area contributed by atoms with Crippen molar-refractivity contribution in [3.8, 4) is 5.75 Å². The van der Waals surface area contributed by atoms with Crippen molar-refractivity contribution in [3.63, 3.8) is 0 Å². The number of thiophene rings is 1. The normalized spacial score (nSPS) is 11.4. The zero-order chi connectivity index (χ0) is 18.8. The van der Waals surface area contributed by atoms with Gasteiger partial charge in [0.15, 0.2) is 5.65 Å². The van der Waals surface area contributed by atoms with E-state index >= 15 is 0 Å². The number of ether oxygens (including phenoxy) is 1. The van der Waals surface area contributed by atoms with Gasteiger partial charge in [-0.2, -0.15) is 0 Å². The fourth-order valence-corrected chi connectivity index (χ4v) is 3.81. The molecule has 0 aliphatic carbocycles. The number of carbonyl (C=O) groups excluding carboxylic acids is 1. The number of pyridine rings is 1. The van der Waals surface area contributed by atoms with E-state index in [2.05, 4.69) is 15.5 Å². The van der Waals surface area contributed by atoms with Crippen LogP contribution in [-0.2, 0) is 6.42 Å². The Morgan fingerprint density at radius 1 is 1.26 bits per heavy atom. The summed E-state index contributed by atoms with van der Waals surface area (Å²) in [4.78, 5) is 12.6. The highest BCUT2D eigenvalue weighted by molar-refractivity contribution is 7.17. The Labute approximate surface area is 160 Å². The first-order valence-electron chi connectivity index (χ1n) is 8.86. The molecule has 0 spiro atoms. The number of benzene rings is 1. The van der Waals surface area contributed by atoms with Gasteiger partial charge in [-0.3, -0.25) is 9.20 Å². The minimum absolute atomic E-state index is 0.0487. The molecule has 4 rings (SSSR count). The number of rotatable bonds is 6. The van der Waals surface area contributed by atoms with Crippen molar-refractivity contribution >= 4 is 33.0 Å². The number of nitrogens with zero attached hydrogens (tertiary/aromatic N) is 3. The molecule has 0 bridgehead atoms. The molecule has 0 fully saturated rings. The van der Waals surface area contributed by atoms with Gasteiger partial charge < -0.3 is 10.1 Å². The lowest BCUT2D eigenvalue weighted by Crippen LogP contribution is -2.26. The zero-order valence-electron chi connectivity index (χ0n) is 15.2. The minimum Gasteiger partial charge on any atom is -0.490 e. The SMILES string of the molecule is CC(C)Oc1cc(C(=O)NCCc2nnc3ccccn23)cc2sccc12. The molecule has 0 atom stereocenters. The third kappa shape index (κ3) is 3.64. The first kappa shape index (κ1) is 17.5. The minimum atomic E-state index is -0.118. The highest BCUT2D eigenvalue weighted by atomic mass is 32.1. The van der Waals surface area contributed by atoms with Crippen LogP contribution >= 0.6 is 11.3 Å². The second-order valence-electron chi connectivity index (χ2n) is 6.52. The average Bonchev–Trinajstić information content (AvgIpc) is 3.28. The first-order chi connectivity index (χ1) is 13.1. The zero-order valence-corrected chi connectivity index (χ0v) is 16.0. The summed E-state index contributed by atoms with van der Waals surface area (Å²) in [6, 6.07) is 11.5. The lowest BCUT2D eigenvalue weighted by molar-refractivity contribution is 0.0953. The maximum Gasteiger partial charge on any atom is 0.251 e. The van der Waals surface area contributed by atoms with Gasteiger partial charge in [0, 0.05) is 34.8 Å². The highest BCUT2D eigenvalue weighted by Crippen LogP contribution is 2.32. The summed E-state index contributed by atoms with van der Waals surface area (Å²) in [6.45, 7) is 4.44. The topological polar surface area (TPSA) is 68.5 Å². The highest BCUT2D eigenvalue weighted by Gasteiger charge is 2.13. The van der Waals surface area contributed by atoms with E-state index in [9.17, 15) is 4.79 Å². The monoisotopic (exact) mass is 380 g/mol. The fourth-order valence-electron chi connectivity index (χ4n) is 2.97. The molecular formula is C20H20N4O2S. The van der Waals surface area contributed by atoms with Crippen molar-refractivity contribution < 1.29 is 9.53 Å². The molecule has 7 heteroatoms. The summed E-state index contributed by atoms with van der Waals surface area (Å²) in [6.07, 6.45) is 2.58. The van der Waals surface area contributed by atoms with Gasteiger partial charge in [-0.1, -0.05) is 6.07 Å². The molecule has 0 saturated carbocycles. The van der Waals surface area contributed by atoms with E-state index in [4.69, 9.17) is 4.74 Å². The van der Waals surface area contributed by atoms with Crippen LogP contribution in [0.4, 0.5) is 0 Å². The second-order valence-corrected chi connectivity index (χ2v) is 7.47. The number of aromatic nitrogens is 3. The Morgan fingerprint density at radius 2 is 2.15 bits per heavy atom. The molecule has 6 nitrogen and oxygen atoms in total. The van der Waals surface area contributed by atoms with Crippen molar-refractivity contribution in [2.24, 2.45) is 0 Å². The Balaban J connectivity index is 1.48. The predicted molar refractivity (Wildman–Crippen MR) is 107 cm³/mol. The maximum absolute atomic E-state index is 12.6. The van der Waals surface area contributed by atoms with Crippen molar-refractivity contribution in [2.45, 2.75) is 26.4 Å². The molecule has 0 aliphatic heterocycles. The van der Waals surface area contributed by atoms with Crippen LogP contribution in [0.2, 0.25) is 0 Å². The molecule has 3 heterocycles. The lowest BCUT2D eigenvalue weighted by Gasteiger charge is -2.13. The summed E-state index contributed by atoms with van der Waals surface area (Å²) < 4.78 is 8.87. The van der Waals surface area contributed by atoms with E-state index in [1.54, 1.807) is 11.3 Å². The molecule has 0 saturated heterocycles. The molecular weight excluding hydrogens is 360 g/mol. The van der Waals surface area contributed by atoms with E-state index < -0.39 is 0 Å². The largest absolute Gasteiger partial charge is 0.490 e. The number of amides is 1. The predicted octanol–water partition coefficient (Wildman–Crippen LogP) is 3.70. The molecule has 3 aromatic heterocycles. The number of carbonyl (C=O) groups is 1. The van der Waals surface area contributed by atoms with Gasteiger partial charge in [-0.05, 0) is 49.6 Å². The molecule has 4 aromatic rings. The Bertz CT molecular complexity index is 1100. The molecule has 27 heavy (non-hydrogen) atoms. The molecule has 1 N–H and O–H groups in total. The molecule has 1 aromatic carbocycles. The van der Waals surface area contributed by atoms with Crippen molar-refractivity contribution in [1.29, 1.82) is 0 Å². The van der Waals surface area contributed by atoms with Crippen LogP contribution in [0, 0.1) is 0 Å². The van der Waals surface area contributed by atoms with Gasteiger partial charge in [0.2, 0.25) is 0 Å². The molecule has 0 radical (unpaired) electrons. The average molecular weight is 380 g/mol. The number of hydrogen-bond donors (Lipinski definition) is 1. The number of nitrogens with one attached hydrogen (secondary N) is 1. The van der Waals surface area contributed by atoms with E-state index in [1.807, 2.05) is 66.2 Å². The van der Waals surface area contributed by atoms with E-state index in [1.165, 1.54) is 0 Å². The van der Waals surface area contributed by atoms with Crippen LogP contribution in [0.3, 0.4) is 0 Å². The van der Waals surface area contributed by atoms with Gasteiger partial charge in [0.1, 0.15) is 11.6 Å². The summed E-state index contributed by atoms with van der Waals surface area (Å²) in [5.41, 5.74) is 1.41. The van der Waals surface area contributed by atoms with E-state index in [0.717, 1.165) is 27.3 Å². The van der Waals surface area contributed by atoms with Crippen molar-refractivity contribution in [1.82, 2.24) is 19.9 Å². The van der Waals surface area contributed by atoms with E-state index in [-0.39, 0.29) is 12.0 Å². The van der Waals surface area contributed by atoms with Crippen molar-refractivity contribution in [3.05, 3.63) is 59.4 Å². The van der Waals surface area contributed by atoms with Crippen LogP contribution in [0.5, 0.6) is 5.75 Å².